The van der Waals surface area contributed by atoms with Crippen LogP contribution in [0.4, 0.5) is 11.8 Å². The number of aliphatic hydroxyl groups is 2. The number of anilines is 2. The lowest BCUT2D eigenvalue weighted by molar-refractivity contribution is -0.00446. The molecule has 0 radical (unpaired) electrons. The summed E-state index contributed by atoms with van der Waals surface area (Å²) in [6.07, 6.45) is -1.33. The van der Waals surface area contributed by atoms with Gasteiger partial charge >= 0.3 is 0 Å². The molecule has 1 aliphatic heterocycles. The average molecular weight is 240 g/mol. The van der Waals surface area contributed by atoms with Crippen LogP contribution in [0.5, 0.6) is 0 Å². The second-order valence-corrected chi connectivity index (χ2v) is 4.35. The Bertz CT molecular complexity index is 471. The summed E-state index contributed by atoms with van der Waals surface area (Å²) in [5.74, 6) is 0.310. The molecule has 0 aliphatic carbocycles. The van der Waals surface area contributed by atoms with Crippen LogP contribution < -0.4 is 16.6 Å². The summed E-state index contributed by atoms with van der Waals surface area (Å²) in [5, 5.41) is 22.1. The Balaban J connectivity index is 2.27. The first kappa shape index (κ1) is 11.9. The van der Waals surface area contributed by atoms with Gasteiger partial charge in [-0.25, -0.2) is 0 Å². The van der Waals surface area contributed by atoms with Crippen molar-refractivity contribution in [3.05, 3.63) is 15.9 Å². The Morgan fingerprint density at radius 2 is 2.24 bits per heavy atom. The van der Waals surface area contributed by atoms with Crippen LogP contribution in [0, 0.1) is 5.92 Å². The normalized spacial score (nSPS) is 22.4. The molecular weight excluding hydrogens is 224 g/mol. The SMILES string of the molecule is C[C@@H](O)[C@H](O)C1CNc2nc(N)[nH]c(=O)c2C1. The molecule has 1 aliphatic rings. The van der Waals surface area contributed by atoms with E-state index < -0.39 is 12.2 Å². The van der Waals surface area contributed by atoms with Gasteiger partial charge < -0.3 is 21.3 Å². The third-order valence-electron chi connectivity index (χ3n) is 3.01. The first-order valence-corrected chi connectivity index (χ1v) is 5.47. The van der Waals surface area contributed by atoms with Gasteiger partial charge in [-0.2, -0.15) is 4.98 Å². The molecule has 0 amide bonds. The van der Waals surface area contributed by atoms with Crippen molar-refractivity contribution in [1.82, 2.24) is 9.97 Å². The van der Waals surface area contributed by atoms with Gasteiger partial charge in [-0.3, -0.25) is 9.78 Å². The molecule has 0 bridgehead atoms. The van der Waals surface area contributed by atoms with E-state index in [0.717, 1.165) is 0 Å². The molecule has 6 N–H and O–H groups in total. The number of fused-ring (bicyclic) bond motifs is 1. The number of nitrogen functional groups attached to an aromatic ring is 1. The Kier molecular flexibility index (Phi) is 3.03. The number of nitrogens with one attached hydrogen (secondary N) is 2. The van der Waals surface area contributed by atoms with Gasteiger partial charge in [0.25, 0.3) is 5.56 Å². The lowest BCUT2D eigenvalue weighted by Crippen LogP contribution is -2.41. The lowest BCUT2D eigenvalue weighted by Gasteiger charge is -2.29. The highest BCUT2D eigenvalue weighted by Gasteiger charge is 2.29. The van der Waals surface area contributed by atoms with Crippen LogP contribution in [-0.4, -0.2) is 38.9 Å². The predicted molar refractivity (Wildman–Crippen MR) is 62.6 cm³/mol. The lowest BCUT2D eigenvalue weighted by atomic mass is 9.89. The maximum atomic E-state index is 11.7. The van der Waals surface area contributed by atoms with E-state index in [0.29, 0.717) is 24.3 Å². The highest BCUT2D eigenvalue weighted by Crippen LogP contribution is 2.23. The molecule has 0 fully saturated rings. The van der Waals surface area contributed by atoms with E-state index in [1.807, 2.05) is 0 Å². The first-order chi connectivity index (χ1) is 7.99. The van der Waals surface area contributed by atoms with Gasteiger partial charge in [0.05, 0.1) is 17.8 Å². The summed E-state index contributed by atoms with van der Waals surface area (Å²) >= 11 is 0. The van der Waals surface area contributed by atoms with E-state index >= 15 is 0 Å². The smallest absolute Gasteiger partial charge is 0.257 e. The van der Waals surface area contributed by atoms with Crippen LogP contribution in [0.3, 0.4) is 0 Å². The molecule has 7 heteroatoms. The summed E-state index contributed by atoms with van der Waals surface area (Å²) < 4.78 is 0. The van der Waals surface area contributed by atoms with E-state index in [4.69, 9.17) is 5.73 Å². The molecule has 94 valence electrons. The topological polar surface area (TPSA) is 124 Å². The maximum absolute atomic E-state index is 11.7. The zero-order valence-corrected chi connectivity index (χ0v) is 9.47. The largest absolute Gasteiger partial charge is 0.391 e. The molecule has 1 aromatic heterocycles. The van der Waals surface area contributed by atoms with E-state index in [1.54, 1.807) is 0 Å². The van der Waals surface area contributed by atoms with Gasteiger partial charge in [-0.15, -0.1) is 0 Å². The summed E-state index contributed by atoms with van der Waals surface area (Å²) in [6, 6.07) is 0. The summed E-state index contributed by atoms with van der Waals surface area (Å²) in [5.41, 5.74) is 5.59. The summed E-state index contributed by atoms with van der Waals surface area (Å²) in [4.78, 5) is 18.1. The fourth-order valence-corrected chi connectivity index (χ4v) is 2.05. The van der Waals surface area contributed by atoms with Crippen LogP contribution in [0.25, 0.3) is 0 Å². The third-order valence-corrected chi connectivity index (χ3v) is 3.01. The Morgan fingerprint density at radius 3 is 2.88 bits per heavy atom. The van der Waals surface area contributed by atoms with E-state index in [1.165, 1.54) is 6.92 Å². The number of aromatic amines is 1. The molecule has 0 spiro atoms. The highest BCUT2D eigenvalue weighted by molar-refractivity contribution is 5.48. The number of hydrogen-bond acceptors (Lipinski definition) is 6. The number of nitrogens with zero attached hydrogens (tertiary/aromatic N) is 1. The van der Waals surface area contributed by atoms with Gasteiger partial charge in [-0.05, 0) is 13.3 Å². The van der Waals surface area contributed by atoms with Crippen molar-refractivity contribution < 1.29 is 10.2 Å². The fraction of sp³-hybridized carbons (Fsp3) is 0.600. The molecule has 2 rings (SSSR count). The molecular formula is C10H16N4O3. The molecule has 0 saturated heterocycles. The standard InChI is InChI=1S/C10H16N4O3/c1-4(15)7(16)5-2-6-8(12-3-5)13-10(11)14-9(6)17/h4-5,7,15-16H,2-3H2,1H3,(H4,11,12,13,14,17)/t4-,5?,7+/m1/s1. The van der Waals surface area contributed by atoms with E-state index in [9.17, 15) is 15.0 Å². The van der Waals surface area contributed by atoms with Gasteiger partial charge in [0.2, 0.25) is 5.95 Å². The van der Waals surface area contributed by atoms with E-state index in [-0.39, 0.29) is 17.4 Å². The number of aliphatic hydroxyl groups excluding tert-OH is 2. The number of nitrogens with two attached hydrogens (primary N) is 1. The van der Waals surface area contributed by atoms with Crippen LogP contribution in [-0.2, 0) is 6.42 Å². The van der Waals surface area contributed by atoms with Crippen LogP contribution in [0.15, 0.2) is 4.79 Å². The Labute approximate surface area is 97.7 Å². The average Bonchev–Trinajstić information content (AvgIpc) is 2.27. The second-order valence-electron chi connectivity index (χ2n) is 4.35. The van der Waals surface area contributed by atoms with Gasteiger partial charge in [0.15, 0.2) is 0 Å². The molecule has 17 heavy (non-hydrogen) atoms. The van der Waals surface area contributed by atoms with Crippen molar-refractivity contribution in [3.8, 4) is 0 Å². The predicted octanol–water partition coefficient (Wildman–Crippen LogP) is -1.32. The number of H-pyrrole nitrogens is 1. The van der Waals surface area contributed by atoms with Gasteiger partial charge in [-0.1, -0.05) is 0 Å². The molecule has 0 saturated carbocycles. The van der Waals surface area contributed by atoms with E-state index in [2.05, 4.69) is 15.3 Å². The highest BCUT2D eigenvalue weighted by atomic mass is 16.3. The number of hydrogen-bond donors (Lipinski definition) is 5. The van der Waals surface area contributed by atoms with Crippen molar-refractivity contribution in [2.75, 3.05) is 17.6 Å². The minimum absolute atomic E-state index is 0.0655. The molecule has 2 heterocycles. The van der Waals surface area contributed by atoms with Crippen LogP contribution >= 0.6 is 0 Å². The summed E-state index contributed by atoms with van der Waals surface area (Å²) in [6.45, 7) is 1.97. The first-order valence-electron chi connectivity index (χ1n) is 5.47. The van der Waals surface area contributed by atoms with Crippen LogP contribution in [0.1, 0.15) is 12.5 Å². The number of rotatable bonds is 2. The van der Waals surface area contributed by atoms with Gasteiger partial charge in [0, 0.05) is 12.5 Å². The Morgan fingerprint density at radius 1 is 1.53 bits per heavy atom. The maximum Gasteiger partial charge on any atom is 0.257 e. The minimum Gasteiger partial charge on any atom is -0.391 e. The molecule has 1 aromatic rings. The molecule has 1 unspecified atom stereocenters. The van der Waals surface area contributed by atoms with Crippen molar-refractivity contribution >= 4 is 11.8 Å². The van der Waals surface area contributed by atoms with Crippen molar-refractivity contribution in [3.63, 3.8) is 0 Å². The fourth-order valence-electron chi connectivity index (χ4n) is 2.05. The molecule has 0 aromatic carbocycles. The summed E-state index contributed by atoms with van der Waals surface area (Å²) in [7, 11) is 0. The molecule has 3 atom stereocenters. The van der Waals surface area contributed by atoms with Gasteiger partial charge in [0.1, 0.15) is 5.82 Å². The zero-order chi connectivity index (χ0) is 12.6. The quantitative estimate of drug-likeness (QED) is 0.436. The third kappa shape index (κ3) is 2.25. The zero-order valence-electron chi connectivity index (χ0n) is 9.47. The Hall–Kier alpha value is -1.60. The second kappa shape index (κ2) is 4.34. The van der Waals surface area contributed by atoms with Crippen molar-refractivity contribution in [2.45, 2.75) is 25.6 Å². The number of aromatic nitrogens is 2. The van der Waals surface area contributed by atoms with Crippen molar-refractivity contribution in [2.24, 2.45) is 5.92 Å². The van der Waals surface area contributed by atoms with Crippen LogP contribution in [0.2, 0.25) is 0 Å². The minimum atomic E-state index is -0.868. The van der Waals surface area contributed by atoms with Crippen molar-refractivity contribution in [1.29, 1.82) is 0 Å². The molecule has 7 nitrogen and oxygen atoms in total. The monoisotopic (exact) mass is 240 g/mol.